The molecule has 24 heavy (non-hydrogen) atoms. The SMILES string of the molecule is COC(=O)c1c(Cl)ccc([N+](=O)[O-])c1NCc1ccc(OC)cc1. The molecule has 0 aliphatic heterocycles. The summed E-state index contributed by atoms with van der Waals surface area (Å²) in [6, 6.07) is 9.69. The number of carbonyl (C=O) groups is 1. The summed E-state index contributed by atoms with van der Waals surface area (Å²) in [6.45, 7) is 0.259. The second-order valence-corrected chi connectivity index (χ2v) is 5.17. The standard InChI is InChI=1S/C16H15ClN2O5/c1-23-11-5-3-10(4-6-11)9-18-15-13(19(21)22)8-7-12(17)14(15)16(20)24-2/h3-8,18H,9H2,1-2H3. The fourth-order valence-corrected chi connectivity index (χ4v) is 2.37. The van der Waals surface area contributed by atoms with E-state index in [0.717, 1.165) is 5.56 Å². The van der Waals surface area contributed by atoms with E-state index in [0.29, 0.717) is 5.75 Å². The monoisotopic (exact) mass is 350 g/mol. The Balaban J connectivity index is 2.37. The van der Waals surface area contributed by atoms with E-state index in [1.165, 1.54) is 19.2 Å². The summed E-state index contributed by atoms with van der Waals surface area (Å²) in [4.78, 5) is 22.6. The van der Waals surface area contributed by atoms with E-state index >= 15 is 0 Å². The molecule has 2 rings (SSSR count). The Morgan fingerprint density at radius 3 is 2.42 bits per heavy atom. The summed E-state index contributed by atoms with van der Waals surface area (Å²) in [5.41, 5.74) is 0.547. The van der Waals surface area contributed by atoms with E-state index in [1.807, 2.05) is 0 Å². The molecule has 1 N–H and O–H groups in total. The van der Waals surface area contributed by atoms with E-state index in [2.05, 4.69) is 10.1 Å². The highest BCUT2D eigenvalue weighted by Gasteiger charge is 2.25. The van der Waals surface area contributed by atoms with Crippen LogP contribution in [0.1, 0.15) is 15.9 Å². The van der Waals surface area contributed by atoms with E-state index in [4.69, 9.17) is 16.3 Å². The molecule has 0 bridgehead atoms. The molecule has 0 aliphatic carbocycles. The van der Waals surface area contributed by atoms with Gasteiger partial charge in [-0.2, -0.15) is 0 Å². The van der Waals surface area contributed by atoms with Crippen molar-refractivity contribution >= 4 is 28.9 Å². The molecule has 126 valence electrons. The number of carbonyl (C=O) groups excluding carboxylic acids is 1. The maximum Gasteiger partial charge on any atom is 0.341 e. The number of hydrogen-bond acceptors (Lipinski definition) is 6. The van der Waals surface area contributed by atoms with E-state index in [1.54, 1.807) is 31.4 Å². The van der Waals surface area contributed by atoms with Crippen LogP contribution in [0, 0.1) is 10.1 Å². The summed E-state index contributed by atoms with van der Waals surface area (Å²) >= 11 is 6.02. The average molecular weight is 351 g/mol. The maximum atomic E-state index is 11.9. The third kappa shape index (κ3) is 3.75. The van der Waals surface area contributed by atoms with Gasteiger partial charge in [0.2, 0.25) is 0 Å². The zero-order valence-electron chi connectivity index (χ0n) is 13.0. The third-order valence-corrected chi connectivity index (χ3v) is 3.66. The van der Waals surface area contributed by atoms with Crippen molar-refractivity contribution in [2.75, 3.05) is 19.5 Å². The number of nitrogens with zero attached hydrogens (tertiary/aromatic N) is 1. The summed E-state index contributed by atoms with van der Waals surface area (Å²) < 4.78 is 9.75. The fourth-order valence-electron chi connectivity index (χ4n) is 2.13. The lowest BCUT2D eigenvalue weighted by Crippen LogP contribution is -2.11. The number of nitrogens with one attached hydrogen (secondary N) is 1. The molecule has 2 aromatic rings. The highest BCUT2D eigenvalue weighted by atomic mass is 35.5. The Kier molecular flexibility index (Phi) is 5.59. The number of rotatable bonds is 6. The molecule has 0 spiro atoms. The van der Waals surface area contributed by atoms with Crippen molar-refractivity contribution in [3.05, 3.63) is 62.7 Å². The first-order valence-corrected chi connectivity index (χ1v) is 7.27. The molecule has 0 amide bonds. The largest absolute Gasteiger partial charge is 0.497 e. The Morgan fingerprint density at radius 1 is 1.21 bits per heavy atom. The van der Waals surface area contributed by atoms with Gasteiger partial charge in [-0.25, -0.2) is 4.79 Å². The van der Waals surface area contributed by atoms with E-state index in [-0.39, 0.29) is 28.5 Å². The smallest absolute Gasteiger partial charge is 0.341 e. The molecule has 0 saturated carbocycles. The minimum atomic E-state index is -0.749. The zero-order chi connectivity index (χ0) is 17.7. The molecule has 0 fully saturated rings. The van der Waals surface area contributed by atoms with Gasteiger partial charge in [0.1, 0.15) is 17.0 Å². The Labute approximate surface area is 143 Å². The molecule has 0 aromatic heterocycles. The minimum Gasteiger partial charge on any atom is -0.497 e. The van der Waals surface area contributed by atoms with Crippen molar-refractivity contribution < 1.29 is 19.2 Å². The number of esters is 1. The van der Waals surface area contributed by atoms with Crippen LogP contribution in [0.3, 0.4) is 0 Å². The van der Waals surface area contributed by atoms with Crippen LogP contribution in [0.5, 0.6) is 5.75 Å². The molecule has 0 aliphatic rings. The number of nitro benzene ring substituents is 1. The topological polar surface area (TPSA) is 90.7 Å². The fraction of sp³-hybridized carbons (Fsp3) is 0.188. The van der Waals surface area contributed by atoms with Crippen LogP contribution in [0.15, 0.2) is 36.4 Å². The predicted octanol–water partition coefficient (Wildman–Crippen LogP) is 3.66. The Morgan fingerprint density at radius 2 is 1.88 bits per heavy atom. The second-order valence-electron chi connectivity index (χ2n) is 4.77. The summed E-state index contributed by atoms with van der Waals surface area (Å²) in [6.07, 6.45) is 0. The zero-order valence-corrected chi connectivity index (χ0v) is 13.8. The number of anilines is 1. The van der Waals surface area contributed by atoms with Crippen LogP contribution in [-0.2, 0) is 11.3 Å². The highest BCUT2D eigenvalue weighted by Crippen LogP contribution is 2.34. The van der Waals surface area contributed by atoms with Crippen LogP contribution >= 0.6 is 11.6 Å². The van der Waals surface area contributed by atoms with Crippen LogP contribution in [0.25, 0.3) is 0 Å². The van der Waals surface area contributed by atoms with Crippen LogP contribution in [-0.4, -0.2) is 25.1 Å². The number of ether oxygens (including phenoxy) is 2. The number of methoxy groups -OCH3 is 2. The Hall–Kier alpha value is -2.80. The molecular formula is C16H15ClN2O5. The molecule has 0 unspecified atom stereocenters. The summed E-state index contributed by atoms with van der Waals surface area (Å²) in [5, 5.41) is 14.2. The first kappa shape index (κ1) is 17.6. The molecule has 7 nitrogen and oxygen atoms in total. The van der Waals surface area contributed by atoms with Gasteiger partial charge in [-0.05, 0) is 23.8 Å². The molecule has 0 atom stereocenters. The van der Waals surface area contributed by atoms with Gasteiger partial charge in [-0.1, -0.05) is 23.7 Å². The lowest BCUT2D eigenvalue weighted by molar-refractivity contribution is -0.384. The quantitative estimate of drug-likeness (QED) is 0.485. The number of hydrogen-bond donors (Lipinski definition) is 1. The van der Waals surface area contributed by atoms with Crippen molar-refractivity contribution in [2.45, 2.75) is 6.54 Å². The third-order valence-electron chi connectivity index (χ3n) is 3.35. The highest BCUT2D eigenvalue weighted by molar-refractivity contribution is 6.34. The van der Waals surface area contributed by atoms with Gasteiger partial charge < -0.3 is 14.8 Å². The van der Waals surface area contributed by atoms with E-state index in [9.17, 15) is 14.9 Å². The first-order valence-electron chi connectivity index (χ1n) is 6.90. The van der Waals surface area contributed by atoms with E-state index < -0.39 is 10.9 Å². The Bertz CT molecular complexity index is 762. The van der Waals surface area contributed by atoms with Crippen molar-refractivity contribution in [3.63, 3.8) is 0 Å². The van der Waals surface area contributed by atoms with Gasteiger partial charge in [0.25, 0.3) is 5.69 Å². The summed E-state index contributed by atoms with van der Waals surface area (Å²) in [7, 11) is 2.75. The number of halogens is 1. The van der Waals surface area contributed by atoms with Gasteiger partial charge in [0, 0.05) is 12.6 Å². The average Bonchev–Trinajstić information content (AvgIpc) is 2.59. The maximum absolute atomic E-state index is 11.9. The van der Waals surface area contributed by atoms with Gasteiger partial charge in [0.05, 0.1) is 24.2 Å². The molecule has 0 radical (unpaired) electrons. The number of benzene rings is 2. The van der Waals surface area contributed by atoms with Crippen LogP contribution in [0.4, 0.5) is 11.4 Å². The van der Waals surface area contributed by atoms with Gasteiger partial charge >= 0.3 is 5.97 Å². The molecule has 2 aromatic carbocycles. The van der Waals surface area contributed by atoms with Gasteiger partial charge in [-0.3, -0.25) is 10.1 Å². The molecule has 8 heteroatoms. The molecule has 0 heterocycles. The van der Waals surface area contributed by atoms with Crippen molar-refractivity contribution in [2.24, 2.45) is 0 Å². The number of nitro groups is 1. The lowest BCUT2D eigenvalue weighted by atomic mass is 10.1. The van der Waals surface area contributed by atoms with Gasteiger partial charge in [-0.15, -0.1) is 0 Å². The lowest BCUT2D eigenvalue weighted by Gasteiger charge is -2.13. The van der Waals surface area contributed by atoms with Crippen molar-refractivity contribution in [1.82, 2.24) is 0 Å². The normalized spacial score (nSPS) is 10.1. The predicted molar refractivity (Wildman–Crippen MR) is 89.8 cm³/mol. The minimum absolute atomic E-state index is 0.0233. The van der Waals surface area contributed by atoms with Crippen LogP contribution in [0.2, 0.25) is 5.02 Å². The van der Waals surface area contributed by atoms with Crippen LogP contribution < -0.4 is 10.1 Å². The van der Waals surface area contributed by atoms with Crippen molar-refractivity contribution in [1.29, 1.82) is 0 Å². The van der Waals surface area contributed by atoms with Gasteiger partial charge in [0.15, 0.2) is 0 Å². The van der Waals surface area contributed by atoms with Crippen molar-refractivity contribution in [3.8, 4) is 5.75 Å². The second kappa shape index (κ2) is 7.65. The summed E-state index contributed by atoms with van der Waals surface area (Å²) in [5.74, 6) is -0.0522. The molecular weight excluding hydrogens is 336 g/mol. The first-order chi connectivity index (χ1) is 11.5. The molecule has 0 saturated heterocycles.